The fourth-order valence-corrected chi connectivity index (χ4v) is 4.09. The number of carbonyl (C=O) groups excluding carboxylic acids is 2. The van der Waals surface area contributed by atoms with E-state index in [0.29, 0.717) is 31.6 Å². The number of piperidine rings is 1. The summed E-state index contributed by atoms with van der Waals surface area (Å²) < 4.78 is 0. The number of nitrogens with zero attached hydrogens (tertiary/aromatic N) is 3. The number of hydrogen-bond acceptors (Lipinski definition) is 3. The van der Waals surface area contributed by atoms with Crippen molar-refractivity contribution in [2.45, 2.75) is 37.8 Å². The lowest BCUT2D eigenvalue weighted by Gasteiger charge is -2.45. The maximum atomic E-state index is 12.5. The molecule has 25 heavy (non-hydrogen) atoms. The minimum absolute atomic E-state index is 0.0705. The summed E-state index contributed by atoms with van der Waals surface area (Å²) in [5, 5.41) is 0. The number of rotatable bonds is 3. The third kappa shape index (κ3) is 2.92. The Balaban J connectivity index is 1.47. The van der Waals surface area contributed by atoms with Gasteiger partial charge >= 0.3 is 0 Å². The van der Waals surface area contributed by atoms with E-state index in [1.807, 2.05) is 28.0 Å². The molecule has 0 radical (unpaired) electrons. The molecular weight excluding hydrogens is 316 g/mol. The molecule has 0 saturated carbocycles. The second-order valence-electron chi connectivity index (χ2n) is 6.95. The molecule has 0 aliphatic carbocycles. The van der Waals surface area contributed by atoms with Crippen molar-refractivity contribution < 1.29 is 9.59 Å². The van der Waals surface area contributed by atoms with Crippen LogP contribution in [-0.2, 0) is 11.3 Å². The highest BCUT2D eigenvalue weighted by Gasteiger charge is 2.47. The van der Waals surface area contributed by atoms with E-state index in [2.05, 4.69) is 9.97 Å². The molecule has 4 heterocycles. The number of amides is 2. The van der Waals surface area contributed by atoms with Crippen molar-refractivity contribution in [3.05, 3.63) is 54.1 Å². The molecule has 0 atom stereocenters. The number of nitrogens with one attached hydrogen (secondary N) is 1. The Morgan fingerprint density at radius 3 is 2.60 bits per heavy atom. The second-order valence-corrected chi connectivity index (χ2v) is 6.95. The quantitative estimate of drug-likeness (QED) is 0.933. The first-order valence-corrected chi connectivity index (χ1v) is 8.79. The SMILES string of the molecule is O=C(c1cc[nH]c1)N1CCC2(CCC(=O)N2Cc2ccncc2)CC1. The van der Waals surface area contributed by atoms with Crippen LogP contribution in [0.15, 0.2) is 43.0 Å². The monoisotopic (exact) mass is 338 g/mol. The molecule has 2 aromatic rings. The molecule has 1 spiro atoms. The van der Waals surface area contributed by atoms with E-state index in [4.69, 9.17) is 0 Å². The van der Waals surface area contributed by atoms with E-state index < -0.39 is 0 Å². The standard InChI is InChI=1S/C19H22N4O2/c24-17-1-5-19(23(17)14-15-2-8-20-9-3-15)6-11-22(12-7-19)18(25)16-4-10-21-13-16/h2-4,8-10,13,21H,1,5-7,11-12,14H2. The van der Waals surface area contributed by atoms with Gasteiger partial charge in [-0.1, -0.05) is 0 Å². The second kappa shape index (κ2) is 6.35. The molecule has 2 fully saturated rings. The van der Waals surface area contributed by atoms with Crippen LogP contribution in [0, 0.1) is 0 Å². The number of aromatic nitrogens is 2. The van der Waals surface area contributed by atoms with Crippen LogP contribution in [0.4, 0.5) is 0 Å². The molecule has 0 unspecified atom stereocenters. The summed E-state index contributed by atoms with van der Waals surface area (Å²) in [5.41, 5.74) is 1.71. The lowest BCUT2D eigenvalue weighted by atomic mass is 9.84. The van der Waals surface area contributed by atoms with Crippen LogP contribution in [0.1, 0.15) is 41.6 Å². The average Bonchev–Trinajstić information content (AvgIpc) is 3.28. The summed E-state index contributed by atoms with van der Waals surface area (Å²) in [5.74, 6) is 0.295. The smallest absolute Gasteiger partial charge is 0.255 e. The minimum atomic E-state index is -0.102. The van der Waals surface area contributed by atoms with Gasteiger partial charge < -0.3 is 14.8 Å². The third-order valence-electron chi connectivity index (χ3n) is 5.59. The Morgan fingerprint density at radius 2 is 1.92 bits per heavy atom. The van der Waals surface area contributed by atoms with Crippen molar-refractivity contribution >= 4 is 11.8 Å². The summed E-state index contributed by atoms with van der Waals surface area (Å²) in [7, 11) is 0. The molecule has 2 aliphatic heterocycles. The van der Waals surface area contributed by atoms with Gasteiger partial charge in [-0.3, -0.25) is 14.6 Å². The van der Waals surface area contributed by atoms with E-state index in [-0.39, 0.29) is 17.4 Å². The zero-order valence-electron chi connectivity index (χ0n) is 14.1. The Labute approximate surface area is 146 Å². The zero-order chi connectivity index (χ0) is 17.3. The van der Waals surface area contributed by atoms with Gasteiger partial charge in [0.1, 0.15) is 0 Å². The summed E-state index contributed by atoms with van der Waals surface area (Å²) in [6.07, 6.45) is 10.2. The van der Waals surface area contributed by atoms with Gasteiger partial charge in [0, 0.05) is 56.4 Å². The molecule has 0 aromatic carbocycles. The number of carbonyl (C=O) groups is 2. The fraction of sp³-hybridized carbons (Fsp3) is 0.421. The van der Waals surface area contributed by atoms with Crippen molar-refractivity contribution in [3.8, 4) is 0 Å². The first kappa shape index (κ1) is 15.9. The zero-order valence-corrected chi connectivity index (χ0v) is 14.1. The van der Waals surface area contributed by atoms with Gasteiger partial charge in [-0.25, -0.2) is 0 Å². The Morgan fingerprint density at radius 1 is 1.16 bits per heavy atom. The van der Waals surface area contributed by atoms with Crippen LogP contribution in [0.2, 0.25) is 0 Å². The molecule has 6 nitrogen and oxygen atoms in total. The van der Waals surface area contributed by atoms with E-state index in [9.17, 15) is 9.59 Å². The largest absolute Gasteiger partial charge is 0.367 e. The molecule has 6 heteroatoms. The maximum Gasteiger partial charge on any atom is 0.255 e. The normalized spacial score (nSPS) is 19.6. The summed E-state index contributed by atoms with van der Waals surface area (Å²) in [6, 6.07) is 5.73. The Bertz CT molecular complexity index is 749. The predicted molar refractivity (Wildman–Crippen MR) is 92.7 cm³/mol. The third-order valence-corrected chi connectivity index (χ3v) is 5.59. The predicted octanol–water partition coefficient (Wildman–Crippen LogP) is 2.21. The first-order valence-electron chi connectivity index (χ1n) is 8.79. The number of likely N-dealkylation sites (tertiary alicyclic amines) is 2. The number of H-pyrrole nitrogens is 1. The maximum absolute atomic E-state index is 12.5. The molecule has 130 valence electrons. The highest BCUT2D eigenvalue weighted by atomic mass is 16.2. The molecule has 4 rings (SSSR count). The van der Waals surface area contributed by atoms with Crippen molar-refractivity contribution in [2.75, 3.05) is 13.1 Å². The van der Waals surface area contributed by atoms with Gasteiger partial charge in [-0.15, -0.1) is 0 Å². The van der Waals surface area contributed by atoms with Crippen molar-refractivity contribution in [2.24, 2.45) is 0 Å². The van der Waals surface area contributed by atoms with Crippen LogP contribution in [0.25, 0.3) is 0 Å². The lowest BCUT2D eigenvalue weighted by Crippen LogP contribution is -2.53. The minimum Gasteiger partial charge on any atom is -0.367 e. The van der Waals surface area contributed by atoms with Gasteiger partial charge in [0.25, 0.3) is 5.91 Å². The highest BCUT2D eigenvalue weighted by Crippen LogP contribution is 2.40. The Kier molecular flexibility index (Phi) is 4.03. The van der Waals surface area contributed by atoms with Crippen LogP contribution in [-0.4, -0.2) is 50.2 Å². The average molecular weight is 338 g/mol. The molecule has 2 aliphatic rings. The van der Waals surface area contributed by atoms with Crippen LogP contribution in [0.3, 0.4) is 0 Å². The van der Waals surface area contributed by atoms with Crippen molar-refractivity contribution in [3.63, 3.8) is 0 Å². The molecule has 2 amide bonds. The van der Waals surface area contributed by atoms with Gasteiger partial charge in [0.15, 0.2) is 0 Å². The van der Waals surface area contributed by atoms with Crippen LogP contribution >= 0.6 is 0 Å². The molecule has 2 aromatic heterocycles. The summed E-state index contributed by atoms with van der Waals surface area (Å²) >= 11 is 0. The van der Waals surface area contributed by atoms with E-state index in [1.54, 1.807) is 24.8 Å². The molecule has 1 N–H and O–H groups in total. The fourth-order valence-electron chi connectivity index (χ4n) is 4.09. The first-order chi connectivity index (χ1) is 12.2. The lowest BCUT2D eigenvalue weighted by molar-refractivity contribution is -0.133. The van der Waals surface area contributed by atoms with Gasteiger partial charge in [0.2, 0.25) is 5.91 Å². The van der Waals surface area contributed by atoms with Gasteiger partial charge in [-0.05, 0) is 43.0 Å². The van der Waals surface area contributed by atoms with E-state index >= 15 is 0 Å². The van der Waals surface area contributed by atoms with Crippen LogP contribution in [0.5, 0.6) is 0 Å². The van der Waals surface area contributed by atoms with E-state index in [0.717, 1.165) is 24.8 Å². The number of pyridine rings is 1. The number of aromatic amines is 1. The van der Waals surface area contributed by atoms with Crippen molar-refractivity contribution in [1.29, 1.82) is 0 Å². The van der Waals surface area contributed by atoms with Gasteiger partial charge in [-0.2, -0.15) is 0 Å². The topological polar surface area (TPSA) is 69.3 Å². The summed E-state index contributed by atoms with van der Waals surface area (Å²) in [4.78, 5) is 35.9. The molecule has 2 saturated heterocycles. The van der Waals surface area contributed by atoms with Crippen molar-refractivity contribution in [1.82, 2.24) is 19.8 Å². The molecule has 0 bridgehead atoms. The van der Waals surface area contributed by atoms with E-state index in [1.165, 1.54) is 0 Å². The molecular formula is C19H22N4O2. The van der Waals surface area contributed by atoms with Gasteiger partial charge in [0.05, 0.1) is 5.56 Å². The Hall–Kier alpha value is -2.63. The number of hydrogen-bond donors (Lipinski definition) is 1. The van der Waals surface area contributed by atoms with Crippen LogP contribution < -0.4 is 0 Å². The summed E-state index contributed by atoms with van der Waals surface area (Å²) in [6.45, 7) is 2.03. The highest BCUT2D eigenvalue weighted by molar-refractivity contribution is 5.94.